The number of methoxy groups -OCH3 is 1. The Bertz CT molecular complexity index is 728. The van der Waals surface area contributed by atoms with E-state index in [1.807, 2.05) is 56.4 Å². The Morgan fingerprint density at radius 2 is 2.08 bits per heavy atom. The van der Waals surface area contributed by atoms with Crippen molar-refractivity contribution in [1.29, 1.82) is 0 Å². The summed E-state index contributed by atoms with van der Waals surface area (Å²) in [7, 11) is 5.63. The molecule has 2 N–H and O–H groups in total. The SMILES string of the molecule is CCNC(=NCC(O)c1ccc(OC)cc1)N(C)Cc1cc(Br)cn1C. The van der Waals surface area contributed by atoms with E-state index in [-0.39, 0.29) is 6.54 Å². The number of benzene rings is 1. The first-order valence-electron chi connectivity index (χ1n) is 8.56. The molecule has 1 unspecified atom stereocenters. The van der Waals surface area contributed by atoms with Gasteiger partial charge in [0.15, 0.2) is 5.96 Å². The molecule has 0 fully saturated rings. The number of nitrogens with one attached hydrogen (secondary N) is 1. The van der Waals surface area contributed by atoms with Crippen LogP contribution in [0, 0.1) is 0 Å². The average Bonchev–Trinajstić information content (AvgIpc) is 2.95. The Morgan fingerprint density at radius 1 is 1.38 bits per heavy atom. The Balaban J connectivity index is 2.05. The van der Waals surface area contributed by atoms with E-state index in [0.29, 0.717) is 6.54 Å². The molecule has 0 saturated carbocycles. The summed E-state index contributed by atoms with van der Waals surface area (Å²) in [6.07, 6.45) is 1.37. The minimum absolute atomic E-state index is 0.288. The number of aromatic nitrogens is 1. The van der Waals surface area contributed by atoms with Gasteiger partial charge in [0.05, 0.1) is 26.3 Å². The van der Waals surface area contributed by atoms with Crippen LogP contribution in [0.4, 0.5) is 0 Å². The molecule has 1 atom stereocenters. The third-order valence-electron chi connectivity index (χ3n) is 4.08. The number of ether oxygens (including phenoxy) is 1. The van der Waals surface area contributed by atoms with Gasteiger partial charge in [-0.25, -0.2) is 0 Å². The first kappa shape index (κ1) is 20.3. The molecule has 0 radical (unpaired) electrons. The maximum Gasteiger partial charge on any atom is 0.194 e. The second-order valence-electron chi connectivity index (χ2n) is 6.10. The van der Waals surface area contributed by atoms with Crippen molar-refractivity contribution < 1.29 is 9.84 Å². The van der Waals surface area contributed by atoms with Crippen LogP contribution >= 0.6 is 15.9 Å². The number of halogens is 1. The van der Waals surface area contributed by atoms with Crippen molar-refractivity contribution in [3.05, 3.63) is 52.3 Å². The van der Waals surface area contributed by atoms with Crippen molar-refractivity contribution in [2.45, 2.75) is 19.6 Å². The zero-order valence-corrected chi connectivity index (χ0v) is 17.3. The third kappa shape index (κ3) is 5.51. The molecule has 1 aromatic carbocycles. The second kappa shape index (κ2) is 9.64. The van der Waals surface area contributed by atoms with Crippen LogP contribution < -0.4 is 10.1 Å². The fraction of sp³-hybridized carbons (Fsp3) is 0.421. The van der Waals surface area contributed by atoms with E-state index in [1.54, 1.807) is 7.11 Å². The summed E-state index contributed by atoms with van der Waals surface area (Å²) in [5.74, 6) is 1.53. The number of aryl methyl sites for hydroxylation is 1. The highest BCUT2D eigenvalue weighted by molar-refractivity contribution is 9.10. The van der Waals surface area contributed by atoms with Crippen LogP contribution in [0.15, 0.2) is 46.0 Å². The largest absolute Gasteiger partial charge is 0.497 e. The van der Waals surface area contributed by atoms with Gasteiger partial charge in [0.2, 0.25) is 0 Å². The van der Waals surface area contributed by atoms with Crippen LogP contribution in [-0.4, -0.2) is 47.8 Å². The fourth-order valence-corrected chi connectivity index (χ4v) is 3.19. The molecule has 2 rings (SSSR count). The molecule has 6 nitrogen and oxygen atoms in total. The van der Waals surface area contributed by atoms with Crippen LogP contribution in [0.5, 0.6) is 5.75 Å². The number of rotatable bonds is 7. The Morgan fingerprint density at radius 3 is 2.62 bits per heavy atom. The standard InChI is InChI=1S/C19H27BrN4O2/c1-5-21-19(24(3)13-16-10-15(20)12-23(16)2)22-11-18(25)14-6-8-17(26-4)9-7-14/h6-10,12,18,25H,5,11,13H2,1-4H3,(H,21,22). The lowest BCUT2D eigenvalue weighted by atomic mass is 10.1. The van der Waals surface area contributed by atoms with Gasteiger partial charge in [-0.05, 0) is 46.6 Å². The predicted octanol–water partition coefficient (Wildman–Crippen LogP) is 2.93. The summed E-state index contributed by atoms with van der Waals surface area (Å²) in [4.78, 5) is 6.64. The number of aliphatic hydroxyl groups is 1. The Kier molecular flexibility index (Phi) is 7.53. The molecule has 0 aliphatic carbocycles. The van der Waals surface area contributed by atoms with Crippen LogP contribution in [-0.2, 0) is 13.6 Å². The topological polar surface area (TPSA) is 62.0 Å². The van der Waals surface area contributed by atoms with Gasteiger partial charge in [0, 0.05) is 37.0 Å². The summed E-state index contributed by atoms with van der Waals surface area (Å²) < 4.78 is 8.28. The maximum absolute atomic E-state index is 10.4. The lowest BCUT2D eigenvalue weighted by Gasteiger charge is -2.23. The minimum Gasteiger partial charge on any atom is -0.497 e. The molecule has 26 heavy (non-hydrogen) atoms. The number of nitrogens with zero attached hydrogens (tertiary/aromatic N) is 3. The van der Waals surface area contributed by atoms with Crippen LogP contribution in [0.1, 0.15) is 24.3 Å². The molecule has 1 aromatic heterocycles. The third-order valence-corrected chi connectivity index (χ3v) is 4.52. The van der Waals surface area contributed by atoms with E-state index in [2.05, 4.69) is 36.9 Å². The highest BCUT2D eigenvalue weighted by atomic mass is 79.9. The Hall–Kier alpha value is -1.99. The number of hydrogen-bond donors (Lipinski definition) is 2. The fourth-order valence-electron chi connectivity index (χ4n) is 2.62. The Labute approximate surface area is 163 Å². The van der Waals surface area contributed by atoms with E-state index in [9.17, 15) is 5.11 Å². The minimum atomic E-state index is -0.660. The van der Waals surface area contributed by atoms with Gasteiger partial charge in [-0.15, -0.1) is 0 Å². The molecule has 0 amide bonds. The van der Waals surface area contributed by atoms with Crippen LogP contribution in [0.2, 0.25) is 0 Å². The van der Waals surface area contributed by atoms with Gasteiger partial charge in [-0.1, -0.05) is 12.1 Å². The van der Waals surface area contributed by atoms with E-state index >= 15 is 0 Å². The van der Waals surface area contributed by atoms with Crippen molar-refractivity contribution in [3.8, 4) is 5.75 Å². The van der Waals surface area contributed by atoms with Crippen molar-refractivity contribution in [2.75, 3.05) is 27.2 Å². The van der Waals surface area contributed by atoms with Gasteiger partial charge in [0.25, 0.3) is 0 Å². The van der Waals surface area contributed by atoms with Crippen molar-refractivity contribution >= 4 is 21.9 Å². The quantitative estimate of drug-likeness (QED) is 0.531. The normalized spacial score (nSPS) is 12.8. The number of aliphatic hydroxyl groups excluding tert-OH is 1. The van der Waals surface area contributed by atoms with Gasteiger partial charge >= 0.3 is 0 Å². The summed E-state index contributed by atoms with van der Waals surface area (Å²) in [5.41, 5.74) is 1.99. The van der Waals surface area contributed by atoms with E-state index in [0.717, 1.165) is 28.3 Å². The summed E-state index contributed by atoms with van der Waals surface area (Å²) in [5, 5.41) is 13.7. The van der Waals surface area contributed by atoms with Crippen molar-refractivity contribution in [3.63, 3.8) is 0 Å². The smallest absolute Gasteiger partial charge is 0.194 e. The molecule has 0 bridgehead atoms. The first-order valence-corrected chi connectivity index (χ1v) is 9.36. The molecule has 0 aliphatic rings. The van der Waals surface area contributed by atoms with E-state index in [4.69, 9.17) is 4.74 Å². The summed E-state index contributed by atoms with van der Waals surface area (Å²) >= 11 is 3.50. The summed E-state index contributed by atoms with van der Waals surface area (Å²) in [6.45, 7) is 3.80. The van der Waals surface area contributed by atoms with Crippen LogP contribution in [0.25, 0.3) is 0 Å². The molecule has 142 valence electrons. The lowest BCUT2D eigenvalue weighted by Crippen LogP contribution is -2.39. The molecule has 0 aliphatic heterocycles. The van der Waals surface area contributed by atoms with E-state index < -0.39 is 6.10 Å². The molecule has 7 heteroatoms. The number of guanidine groups is 1. The van der Waals surface area contributed by atoms with Crippen LogP contribution in [0.3, 0.4) is 0 Å². The van der Waals surface area contributed by atoms with Gasteiger partial charge in [0.1, 0.15) is 5.75 Å². The van der Waals surface area contributed by atoms with Gasteiger partial charge in [-0.3, -0.25) is 4.99 Å². The predicted molar refractivity (Wildman–Crippen MR) is 109 cm³/mol. The molecule has 1 heterocycles. The second-order valence-corrected chi connectivity index (χ2v) is 7.02. The molecule has 0 spiro atoms. The van der Waals surface area contributed by atoms with Gasteiger partial charge < -0.3 is 24.6 Å². The summed E-state index contributed by atoms with van der Waals surface area (Å²) in [6, 6.07) is 9.49. The van der Waals surface area contributed by atoms with Gasteiger partial charge in [-0.2, -0.15) is 0 Å². The first-order chi connectivity index (χ1) is 12.4. The number of hydrogen-bond acceptors (Lipinski definition) is 3. The monoisotopic (exact) mass is 422 g/mol. The highest BCUT2D eigenvalue weighted by Crippen LogP contribution is 2.18. The van der Waals surface area contributed by atoms with E-state index in [1.165, 1.54) is 5.69 Å². The zero-order chi connectivity index (χ0) is 19.1. The highest BCUT2D eigenvalue weighted by Gasteiger charge is 2.12. The van der Waals surface area contributed by atoms with Crippen molar-refractivity contribution in [1.82, 2.24) is 14.8 Å². The molecule has 2 aromatic rings. The number of aliphatic imine (C=N–C) groups is 1. The average molecular weight is 423 g/mol. The molecule has 0 saturated heterocycles. The molecular weight excluding hydrogens is 396 g/mol. The lowest BCUT2D eigenvalue weighted by molar-refractivity contribution is 0.186. The van der Waals surface area contributed by atoms with Crippen molar-refractivity contribution in [2.24, 2.45) is 12.0 Å². The maximum atomic E-state index is 10.4. The molecular formula is C19H27BrN4O2. The zero-order valence-electron chi connectivity index (χ0n) is 15.7.